The van der Waals surface area contributed by atoms with E-state index < -0.39 is 0 Å². The second-order valence-electron chi connectivity index (χ2n) is 5.73. The van der Waals surface area contributed by atoms with Crippen molar-refractivity contribution in [2.75, 3.05) is 6.61 Å². The first-order valence-electron chi connectivity index (χ1n) is 7.29. The van der Waals surface area contributed by atoms with Crippen molar-refractivity contribution < 1.29 is 4.74 Å². The summed E-state index contributed by atoms with van der Waals surface area (Å²) in [4.78, 5) is 0. The van der Waals surface area contributed by atoms with Gasteiger partial charge in [0, 0.05) is 12.6 Å². The number of ether oxygens (including phenoxy) is 1. The zero-order chi connectivity index (χ0) is 13.8. The molecule has 0 amide bonds. The highest BCUT2D eigenvalue weighted by atomic mass is 16.5. The van der Waals surface area contributed by atoms with Crippen LogP contribution in [0.2, 0.25) is 0 Å². The minimum absolute atomic E-state index is 0.257. The summed E-state index contributed by atoms with van der Waals surface area (Å²) in [5.74, 6) is 6.50. The highest BCUT2D eigenvalue weighted by molar-refractivity contribution is 5.33. The minimum atomic E-state index is 0.257. The van der Waals surface area contributed by atoms with Crippen LogP contribution in [0, 0.1) is 19.8 Å². The van der Waals surface area contributed by atoms with Crippen LogP contribution in [0.3, 0.4) is 0 Å². The van der Waals surface area contributed by atoms with Crippen molar-refractivity contribution >= 4 is 0 Å². The maximum atomic E-state index is 5.76. The van der Waals surface area contributed by atoms with Crippen molar-refractivity contribution in [1.82, 2.24) is 5.43 Å². The summed E-state index contributed by atoms with van der Waals surface area (Å²) < 4.78 is 5.62. The van der Waals surface area contributed by atoms with Gasteiger partial charge in [0.1, 0.15) is 0 Å². The van der Waals surface area contributed by atoms with E-state index >= 15 is 0 Å². The fourth-order valence-corrected chi connectivity index (χ4v) is 2.99. The van der Waals surface area contributed by atoms with Gasteiger partial charge < -0.3 is 4.74 Å². The first-order chi connectivity index (χ1) is 9.13. The lowest BCUT2D eigenvalue weighted by atomic mass is 9.77. The van der Waals surface area contributed by atoms with Crippen LogP contribution in [-0.2, 0) is 4.74 Å². The minimum Gasteiger partial charge on any atom is -0.378 e. The molecule has 0 aromatic heterocycles. The van der Waals surface area contributed by atoms with E-state index in [0.717, 1.165) is 18.9 Å². The molecule has 106 valence electrons. The maximum absolute atomic E-state index is 5.76. The molecule has 0 heterocycles. The first kappa shape index (κ1) is 14.5. The highest BCUT2D eigenvalue weighted by Gasteiger charge is 2.31. The van der Waals surface area contributed by atoms with Crippen LogP contribution >= 0.6 is 0 Å². The largest absolute Gasteiger partial charge is 0.378 e. The molecule has 1 aromatic carbocycles. The molecular formula is C16H26N2O. The summed E-state index contributed by atoms with van der Waals surface area (Å²) >= 11 is 0. The van der Waals surface area contributed by atoms with Crippen LogP contribution in [0.5, 0.6) is 0 Å². The van der Waals surface area contributed by atoms with Gasteiger partial charge in [0.2, 0.25) is 0 Å². The van der Waals surface area contributed by atoms with Gasteiger partial charge in [0.15, 0.2) is 0 Å². The van der Waals surface area contributed by atoms with Gasteiger partial charge in [-0.05, 0) is 57.1 Å². The van der Waals surface area contributed by atoms with Gasteiger partial charge in [0.05, 0.1) is 6.10 Å². The molecule has 3 heteroatoms. The number of benzene rings is 1. The Morgan fingerprint density at radius 2 is 2.11 bits per heavy atom. The van der Waals surface area contributed by atoms with Gasteiger partial charge in [-0.2, -0.15) is 0 Å². The van der Waals surface area contributed by atoms with E-state index in [1.54, 1.807) is 0 Å². The lowest BCUT2D eigenvalue weighted by Gasteiger charge is -2.37. The third-order valence-electron chi connectivity index (χ3n) is 4.18. The molecule has 1 fully saturated rings. The van der Waals surface area contributed by atoms with Gasteiger partial charge in [-0.15, -0.1) is 0 Å². The monoisotopic (exact) mass is 262 g/mol. The first-order valence-corrected chi connectivity index (χ1v) is 7.29. The third kappa shape index (κ3) is 3.56. The third-order valence-corrected chi connectivity index (χ3v) is 4.18. The highest BCUT2D eigenvalue weighted by Crippen LogP contribution is 2.37. The van der Waals surface area contributed by atoms with E-state index in [0.29, 0.717) is 6.10 Å². The van der Waals surface area contributed by atoms with Crippen molar-refractivity contribution in [3.05, 3.63) is 34.9 Å². The lowest BCUT2D eigenvalue weighted by Crippen LogP contribution is -2.36. The molecule has 0 radical (unpaired) electrons. The number of aryl methyl sites for hydroxylation is 2. The van der Waals surface area contributed by atoms with Crippen LogP contribution in [0.4, 0.5) is 0 Å². The van der Waals surface area contributed by atoms with E-state index in [2.05, 4.69) is 44.4 Å². The van der Waals surface area contributed by atoms with Crippen molar-refractivity contribution in [1.29, 1.82) is 0 Å². The number of hydrogen-bond acceptors (Lipinski definition) is 3. The van der Waals surface area contributed by atoms with Crippen LogP contribution < -0.4 is 11.3 Å². The average molecular weight is 262 g/mol. The summed E-state index contributed by atoms with van der Waals surface area (Å²) in [6, 6.07) is 6.84. The summed E-state index contributed by atoms with van der Waals surface area (Å²) in [6.45, 7) is 7.18. The van der Waals surface area contributed by atoms with Crippen LogP contribution in [-0.4, -0.2) is 12.7 Å². The molecule has 19 heavy (non-hydrogen) atoms. The SMILES string of the molecule is CCOC1CC(CC(NN)c2cc(C)ccc2C)C1. The lowest BCUT2D eigenvalue weighted by molar-refractivity contribution is -0.0291. The molecule has 3 nitrogen and oxygen atoms in total. The van der Waals surface area contributed by atoms with Crippen LogP contribution in [0.1, 0.15) is 48.9 Å². The molecule has 1 aromatic rings. The molecule has 3 N–H and O–H groups in total. The Bertz CT molecular complexity index is 413. The molecule has 0 aliphatic heterocycles. The Morgan fingerprint density at radius 1 is 1.37 bits per heavy atom. The number of hydrazine groups is 1. The standard InChI is InChI=1S/C16H26N2O/c1-4-19-14-8-13(9-14)10-16(18-17)15-7-11(2)5-6-12(15)3/h5-7,13-14,16,18H,4,8-10,17H2,1-3H3. The molecule has 1 aliphatic carbocycles. The second kappa shape index (κ2) is 6.51. The van der Waals surface area contributed by atoms with Crippen molar-refractivity contribution in [2.24, 2.45) is 11.8 Å². The predicted octanol–water partition coefficient (Wildman–Crippen LogP) is 3.01. The summed E-state index contributed by atoms with van der Waals surface area (Å²) in [7, 11) is 0. The molecule has 2 rings (SSSR count). The van der Waals surface area contributed by atoms with Gasteiger partial charge in [-0.3, -0.25) is 11.3 Å². The maximum Gasteiger partial charge on any atom is 0.0580 e. The molecule has 0 saturated heterocycles. The van der Waals surface area contributed by atoms with Gasteiger partial charge >= 0.3 is 0 Å². The van der Waals surface area contributed by atoms with Crippen LogP contribution in [0.25, 0.3) is 0 Å². The molecule has 1 atom stereocenters. The number of nitrogens with two attached hydrogens (primary N) is 1. The van der Waals surface area contributed by atoms with Crippen molar-refractivity contribution in [2.45, 2.75) is 52.2 Å². The Hall–Kier alpha value is -0.900. The molecule has 0 spiro atoms. The van der Waals surface area contributed by atoms with Gasteiger partial charge in [-0.25, -0.2) is 0 Å². The van der Waals surface area contributed by atoms with E-state index in [4.69, 9.17) is 10.6 Å². The normalized spacial score (nSPS) is 24.0. The smallest absolute Gasteiger partial charge is 0.0580 e. The molecule has 0 bridgehead atoms. The topological polar surface area (TPSA) is 47.3 Å². The van der Waals surface area contributed by atoms with Crippen molar-refractivity contribution in [3.63, 3.8) is 0 Å². The summed E-state index contributed by atoms with van der Waals surface area (Å²) in [5, 5.41) is 0. The molecular weight excluding hydrogens is 236 g/mol. The predicted molar refractivity (Wildman–Crippen MR) is 78.7 cm³/mol. The molecule has 1 saturated carbocycles. The fourth-order valence-electron chi connectivity index (χ4n) is 2.99. The Morgan fingerprint density at radius 3 is 2.74 bits per heavy atom. The molecule has 1 aliphatic rings. The van der Waals surface area contributed by atoms with E-state index in [9.17, 15) is 0 Å². The van der Waals surface area contributed by atoms with E-state index in [-0.39, 0.29) is 6.04 Å². The quantitative estimate of drug-likeness (QED) is 0.612. The molecule has 1 unspecified atom stereocenters. The zero-order valence-corrected chi connectivity index (χ0v) is 12.3. The number of rotatable bonds is 6. The van der Waals surface area contributed by atoms with E-state index in [1.807, 2.05) is 0 Å². The fraction of sp³-hybridized carbons (Fsp3) is 0.625. The summed E-state index contributed by atoms with van der Waals surface area (Å²) in [5.41, 5.74) is 6.93. The Balaban J connectivity index is 1.95. The second-order valence-corrected chi connectivity index (χ2v) is 5.73. The van der Waals surface area contributed by atoms with Crippen LogP contribution in [0.15, 0.2) is 18.2 Å². The average Bonchev–Trinajstić information content (AvgIpc) is 2.35. The summed E-state index contributed by atoms with van der Waals surface area (Å²) in [6.07, 6.45) is 3.94. The van der Waals surface area contributed by atoms with Crippen molar-refractivity contribution in [3.8, 4) is 0 Å². The van der Waals surface area contributed by atoms with Gasteiger partial charge in [0.25, 0.3) is 0 Å². The number of nitrogens with one attached hydrogen (secondary N) is 1. The zero-order valence-electron chi connectivity index (χ0n) is 12.3. The Kier molecular flexibility index (Phi) is 4.97. The number of hydrogen-bond donors (Lipinski definition) is 2. The van der Waals surface area contributed by atoms with Gasteiger partial charge in [-0.1, -0.05) is 23.8 Å². The van der Waals surface area contributed by atoms with E-state index in [1.165, 1.54) is 29.5 Å². The Labute approximate surface area is 116 Å².